The smallest absolute Gasteiger partial charge is 0.460 e. The third-order valence-electron chi connectivity index (χ3n) is 2.70. The van der Waals surface area contributed by atoms with Crippen LogP contribution in [0.4, 0.5) is 0 Å². The van der Waals surface area contributed by atoms with Crippen LogP contribution in [0, 0.1) is 74.9 Å². The van der Waals surface area contributed by atoms with Crippen LogP contribution < -0.4 is 29.6 Å². The first-order valence-electron chi connectivity index (χ1n) is 6.42. The van der Waals surface area contributed by atoms with Crippen LogP contribution in [0.1, 0.15) is 27.2 Å². The number of ketones is 1. The van der Waals surface area contributed by atoms with Crippen molar-refractivity contribution >= 4 is 11.8 Å². The molecule has 24 heavy (non-hydrogen) atoms. The van der Waals surface area contributed by atoms with Crippen molar-refractivity contribution in [1.29, 1.82) is 21.0 Å². The number of carbonyl (C=O) groups is 2. The monoisotopic (exact) mass is 330 g/mol. The van der Waals surface area contributed by atoms with E-state index in [0.717, 1.165) is 0 Å². The second kappa shape index (κ2) is 8.81. The number of ether oxygens (including phenoxy) is 1. The first kappa shape index (κ1) is 22.1. The summed E-state index contributed by atoms with van der Waals surface area (Å²) in [6.07, 6.45) is -0.694. The van der Waals surface area contributed by atoms with Crippen LogP contribution in [-0.4, -0.2) is 17.4 Å². The summed E-state index contributed by atoms with van der Waals surface area (Å²) in [5, 5.41) is 36.4. The van der Waals surface area contributed by atoms with Gasteiger partial charge in [0, 0.05) is 0 Å². The van der Waals surface area contributed by atoms with Crippen molar-refractivity contribution in [2.75, 3.05) is 0 Å². The molecule has 0 aromatic rings. The topological polar surface area (TPSA) is 139 Å². The van der Waals surface area contributed by atoms with Gasteiger partial charge in [-0.2, -0.15) is 21.0 Å². The largest absolute Gasteiger partial charge is 1.00 e. The number of rotatable bonds is 3. The quantitative estimate of drug-likeness (QED) is 0.340. The maximum Gasteiger partial charge on any atom is 1.00 e. The SMILES string of the molecule is CC(C)(C)OC(=O)CC(=O)[C]1[C](C#N)[C](C#N)[C](C#N)[C]1C#N.[Na+]. The molecule has 0 heterocycles. The van der Waals surface area contributed by atoms with Gasteiger partial charge in [-0.1, -0.05) is 0 Å². The Morgan fingerprint density at radius 2 is 1.25 bits per heavy atom. The van der Waals surface area contributed by atoms with Crippen LogP contribution in [0.15, 0.2) is 0 Å². The van der Waals surface area contributed by atoms with Gasteiger partial charge in [-0.3, -0.25) is 9.59 Å². The minimum Gasteiger partial charge on any atom is -0.460 e. The van der Waals surface area contributed by atoms with E-state index in [9.17, 15) is 9.59 Å². The van der Waals surface area contributed by atoms with E-state index >= 15 is 0 Å². The average Bonchev–Trinajstić information content (AvgIpc) is 2.77. The van der Waals surface area contributed by atoms with Crippen LogP contribution in [0.2, 0.25) is 0 Å². The molecule has 0 atom stereocenters. The van der Waals surface area contributed by atoms with E-state index in [-0.39, 0.29) is 59.1 Å². The number of carbonyl (C=O) groups excluding carboxylic acids is 2. The van der Waals surface area contributed by atoms with Gasteiger partial charge < -0.3 is 4.74 Å². The molecule has 0 saturated heterocycles. The van der Waals surface area contributed by atoms with Gasteiger partial charge >= 0.3 is 35.5 Å². The zero-order valence-corrected chi connectivity index (χ0v) is 15.7. The third-order valence-corrected chi connectivity index (χ3v) is 2.70. The minimum absolute atomic E-state index is 0. The summed E-state index contributed by atoms with van der Waals surface area (Å²) in [5.41, 5.74) is -0.796. The molecule has 8 heteroatoms. The number of nitrogens with zero attached hydrogens (tertiary/aromatic N) is 4. The van der Waals surface area contributed by atoms with E-state index in [4.69, 9.17) is 25.8 Å². The third kappa shape index (κ3) is 4.80. The Kier molecular flexibility index (Phi) is 8.12. The average molecular weight is 330 g/mol. The summed E-state index contributed by atoms with van der Waals surface area (Å²) in [6.45, 7) is 4.88. The molecule has 1 rings (SSSR count). The van der Waals surface area contributed by atoms with Crippen LogP contribution in [-0.2, 0) is 14.3 Å². The summed E-state index contributed by atoms with van der Waals surface area (Å²) in [7, 11) is 0. The molecule has 1 saturated carbocycles. The Bertz CT molecular complexity index is 634. The molecule has 1 aliphatic carbocycles. The van der Waals surface area contributed by atoms with E-state index in [0.29, 0.717) is 0 Å². The van der Waals surface area contributed by atoms with Crippen LogP contribution in [0.5, 0.6) is 0 Å². The molecule has 0 unspecified atom stereocenters. The predicted molar refractivity (Wildman–Crippen MR) is 74.1 cm³/mol. The molecule has 0 aromatic heterocycles. The standard InChI is InChI=1S/C16H11N4O3.Na/c1-16(2,3)23-14(22)4-13(21)15-11(7-19)9(5-17)10(6-18)12(15)8-20;/h4H2,1-3H3;/q;+1. The van der Waals surface area contributed by atoms with Crippen molar-refractivity contribution < 1.29 is 43.9 Å². The van der Waals surface area contributed by atoms with Crippen molar-refractivity contribution in [2.45, 2.75) is 32.8 Å². The maximum absolute atomic E-state index is 12.3. The molecule has 0 N–H and O–H groups in total. The summed E-state index contributed by atoms with van der Waals surface area (Å²) >= 11 is 0. The van der Waals surface area contributed by atoms with Crippen LogP contribution in [0.3, 0.4) is 0 Å². The molecule has 0 bridgehead atoms. The second-order valence-electron chi connectivity index (χ2n) is 5.51. The number of nitriles is 4. The van der Waals surface area contributed by atoms with Crippen LogP contribution in [0.25, 0.3) is 0 Å². The first-order valence-corrected chi connectivity index (χ1v) is 6.42. The zero-order chi connectivity index (χ0) is 17.8. The summed E-state index contributed by atoms with van der Waals surface area (Å²) in [6, 6.07) is 6.58. The second-order valence-corrected chi connectivity index (χ2v) is 5.51. The Labute approximate surface area is 163 Å². The number of esters is 1. The Morgan fingerprint density at radius 3 is 1.54 bits per heavy atom. The van der Waals surface area contributed by atoms with Crippen molar-refractivity contribution in [1.82, 2.24) is 0 Å². The molecular weight excluding hydrogens is 319 g/mol. The molecular formula is C16H11N4NaO3+. The molecule has 113 valence electrons. The molecule has 0 amide bonds. The molecule has 7 nitrogen and oxygen atoms in total. The summed E-state index contributed by atoms with van der Waals surface area (Å²) < 4.78 is 5.01. The first-order chi connectivity index (χ1) is 10.7. The predicted octanol–water partition coefficient (Wildman–Crippen LogP) is -1.73. The number of Topliss-reactive ketones (excluding diaryl/α,β-unsaturated/α-hetero) is 1. The fourth-order valence-electron chi connectivity index (χ4n) is 1.95. The van der Waals surface area contributed by atoms with Gasteiger partial charge in [0.05, 0.1) is 30.2 Å². The minimum atomic E-state index is -0.842. The van der Waals surface area contributed by atoms with Gasteiger partial charge in [-0.15, -0.1) is 0 Å². The van der Waals surface area contributed by atoms with Crippen LogP contribution >= 0.6 is 0 Å². The maximum atomic E-state index is 12.3. The fourth-order valence-corrected chi connectivity index (χ4v) is 1.95. The summed E-state index contributed by atoms with van der Waals surface area (Å²) in [5.74, 6) is -3.45. The van der Waals surface area contributed by atoms with Gasteiger partial charge in [-0.05, 0) is 20.8 Å². The van der Waals surface area contributed by atoms with Gasteiger partial charge in [0.2, 0.25) is 0 Å². The normalized spacial score (nSPS) is 17.0. The van der Waals surface area contributed by atoms with E-state index in [1.807, 2.05) is 0 Å². The number of hydrogen-bond acceptors (Lipinski definition) is 7. The fraction of sp³-hybridized carbons (Fsp3) is 0.312. The van der Waals surface area contributed by atoms with Crippen molar-refractivity contribution in [3.63, 3.8) is 0 Å². The Morgan fingerprint density at radius 1 is 0.875 bits per heavy atom. The molecule has 5 radical (unpaired) electrons. The molecule has 0 aliphatic heterocycles. The Hall–Kier alpha value is -1.90. The summed E-state index contributed by atoms with van der Waals surface area (Å²) in [4.78, 5) is 24.0. The molecule has 0 aromatic carbocycles. The van der Waals surface area contributed by atoms with Gasteiger partial charge in [0.1, 0.15) is 35.7 Å². The van der Waals surface area contributed by atoms with Gasteiger partial charge in [0.25, 0.3) is 0 Å². The molecule has 0 spiro atoms. The Balaban J connectivity index is 0.00000529. The number of hydrogen-bond donors (Lipinski definition) is 0. The van der Waals surface area contributed by atoms with E-state index in [1.54, 1.807) is 45.0 Å². The zero-order valence-electron chi connectivity index (χ0n) is 13.7. The van der Waals surface area contributed by atoms with Crippen molar-refractivity contribution in [3.8, 4) is 24.3 Å². The van der Waals surface area contributed by atoms with E-state index < -0.39 is 23.8 Å². The van der Waals surface area contributed by atoms with Crippen molar-refractivity contribution in [3.05, 3.63) is 29.6 Å². The van der Waals surface area contributed by atoms with Gasteiger partial charge in [-0.25, -0.2) is 0 Å². The molecule has 1 aliphatic rings. The van der Waals surface area contributed by atoms with E-state index in [2.05, 4.69) is 0 Å². The van der Waals surface area contributed by atoms with E-state index in [1.165, 1.54) is 0 Å². The van der Waals surface area contributed by atoms with Crippen molar-refractivity contribution in [2.24, 2.45) is 0 Å². The van der Waals surface area contributed by atoms with Gasteiger partial charge in [0.15, 0.2) is 5.78 Å². The molecule has 1 fully saturated rings.